The molecule has 0 heterocycles. The van der Waals surface area contributed by atoms with E-state index >= 15 is 0 Å². The van der Waals surface area contributed by atoms with Crippen LogP contribution in [0.3, 0.4) is 0 Å². The number of ether oxygens (including phenoxy) is 2. The molecule has 0 bridgehead atoms. The Hall–Kier alpha value is -3.15. The molecule has 39 heavy (non-hydrogen) atoms. The van der Waals surface area contributed by atoms with E-state index in [4.69, 9.17) is 9.47 Å². The number of amides is 1. The molecule has 1 N–H and O–H groups in total. The highest BCUT2D eigenvalue weighted by Crippen LogP contribution is 2.17. The largest absolute Gasteiger partial charge is 0.497 e. The highest BCUT2D eigenvalue weighted by molar-refractivity contribution is 5.91. The standard InChI is InChI=1S/C33H48N2O4/c1-3-4-5-6-7-8-9-10-11-12-13-14-15-16-17-21-32(36)35-34-27-28-19-18-20-31(26-28)39-33(37)29-22-24-30(38-2)25-23-29/h18-20,22-27H,3-17,21H2,1-2H3,(H,35,36)/b34-27-. The maximum atomic E-state index is 12.4. The van der Waals surface area contributed by atoms with E-state index in [9.17, 15) is 9.59 Å². The topological polar surface area (TPSA) is 77.0 Å². The number of hydrogen-bond acceptors (Lipinski definition) is 5. The van der Waals surface area contributed by atoms with Crippen LogP contribution in [0.25, 0.3) is 0 Å². The van der Waals surface area contributed by atoms with E-state index in [1.54, 1.807) is 55.8 Å². The summed E-state index contributed by atoms with van der Waals surface area (Å²) in [6, 6.07) is 13.7. The first-order chi connectivity index (χ1) is 19.1. The molecule has 2 aromatic rings. The van der Waals surface area contributed by atoms with Gasteiger partial charge in [-0.2, -0.15) is 5.10 Å². The smallest absolute Gasteiger partial charge is 0.343 e. The Morgan fingerprint density at radius 1 is 0.744 bits per heavy atom. The Balaban J connectivity index is 1.50. The van der Waals surface area contributed by atoms with Gasteiger partial charge in [0.1, 0.15) is 11.5 Å². The molecule has 0 unspecified atom stereocenters. The predicted molar refractivity (Wildman–Crippen MR) is 160 cm³/mol. The minimum Gasteiger partial charge on any atom is -0.497 e. The lowest BCUT2D eigenvalue weighted by molar-refractivity contribution is -0.121. The van der Waals surface area contributed by atoms with Gasteiger partial charge in [0.05, 0.1) is 18.9 Å². The predicted octanol–water partition coefficient (Wildman–Crippen LogP) is 8.63. The molecule has 0 aliphatic heterocycles. The Kier molecular flexibility index (Phi) is 17.1. The number of carbonyl (C=O) groups excluding carboxylic acids is 2. The third-order valence-corrected chi connectivity index (χ3v) is 6.80. The first-order valence-corrected chi connectivity index (χ1v) is 14.9. The van der Waals surface area contributed by atoms with Gasteiger partial charge in [-0.25, -0.2) is 10.2 Å². The summed E-state index contributed by atoms with van der Waals surface area (Å²) in [4.78, 5) is 24.4. The maximum Gasteiger partial charge on any atom is 0.343 e. The molecule has 6 heteroatoms. The Morgan fingerprint density at radius 2 is 1.31 bits per heavy atom. The molecular weight excluding hydrogens is 488 g/mol. The first kappa shape index (κ1) is 32.1. The number of rotatable bonds is 21. The van der Waals surface area contributed by atoms with Crippen molar-refractivity contribution < 1.29 is 19.1 Å². The second-order valence-corrected chi connectivity index (χ2v) is 10.2. The summed E-state index contributed by atoms with van der Waals surface area (Å²) in [5, 5.41) is 4.05. The van der Waals surface area contributed by atoms with Crippen LogP contribution in [-0.4, -0.2) is 25.2 Å². The van der Waals surface area contributed by atoms with Crippen molar-refractivity contribution in [3.05, 3.63) is 59.7 Å². The Morgan fingerprint density at radius 3 is 1.87 bits per heavy atom. The van der Waals surface area contributed by atoms with Crippen molar-refractivity contribution in [3.63, 3.8) is 0 Å². The highest BCUT2D eigenvalue weighted by atomic mass is 16.5. The molecule has 1 amide bonds. The third kappa shape index (κ3) is 15.1. The lowest BCUT2D eigenvalue weighted by atomic mass is 10.0. The number of nitrogens with one attached hydrogen (secondary N) is 1. The summed E-state index contributed by atoms with van der Waals surface area (Å²) in [6.07, 6.45) is 21.6. The minimum atomic E-state index is -0.455. The zero-order chi connectivity index (χ0) is 28.0. The van der Waals surface area contributed by atoms with Gasteiger partial charge in [0.25, 0.3) is 0 Å². The van der Waals surface area contributed by atoms with Crippen molar-refractivity contribution in [1.29, 1.82) is 0 Å². The van der Waals surface area contributed by atoms with Crippen molar-refractivity contribution >= 4 is 18.1 Å². The average molecular weight is 537 g/mol. The number of carbonyl (C=O) groups is 2. The van der Waals surface area contributed by atoms with Crippen molar-refractivity contribution in [2.45, 2.75) is 110 Å². The monoisotopic (exact) mass is 536 g/mol. The molecule has 0 saturated carbocycles. The van der Waals surface area contributed by atoms with Crippen LogP contribution in [-0.2, 0) is 4.79 Å². The molecule has 0 radical (unpaired) electrons. The normalized spacial score (nSPS) is 11.0. The quantitative estimate of drug-likeness (QED) is 0.0569. The van der Waals surface area contributed by atoms with Crippen LogP contribution in [0, 0.1) is 0 Å². The minimum absolute atomic E-state index is 0.0805. The van der Waals surface area contributed by atoms with Crippen molar-refractivity contribution in [3.8, 4) is 11.5 Å². The number of nitrogens with zero attached hydrogens (tertiary/aromatic N) is 1. The number of benzene rings is 2. The van der Waals surface area contributed by atoms with Gasteiger partial charge < -0.3 is 9.47 Å². The van der Waals surface area contributed by atoms with Crippen molar-refractivity contribution in [2.75, 3.05) is 7.11 Å². The molecule has 0 aliphatic rings. The SMILES string of the molecule is CCCCCCCCCCCCCCCCCC(=O)N/N=C\c1cccc(OC(=O)c2ccc(OC)cc2)c1. The summed E-state index contributed by atoms with van der Waals surface area (Å²) < 4.78 is 10.6. The first-order valence-electron chi connectivity index (χ1n) is 14.9. The second-order valence-electron chi connectivity index (χ2n) is 10.2. The van der Waals surface area contributed by atoms with Gasteiger partial charge in [0, 0.05) is 6.42 Å². The van der Waals surface area contributed by atoms with E-state index in [0.29, 0.717) is 23.5 Å². The van der Waals surface area contributed by atoms with E-state index in [-0.39, 0.29) is 5.91 Å². The number of methoxy groups -OCH3 is 1. The number of esters is 1. The van der Waals surface area contributed by atoms with Crippen LogP contribution in [0.5, 0.6) is 11.5 Å². The van der Waals surface area contributed by atoms with Crippen LogP contribution in [0.15, 0.2) is 53.6 Å². The van der Waals surface area contributed by atoms with E-state index in [0.717, 1.165) is 18.4 Å². The van der Waals surface area contributed by atoms with Gasteiger partial charge in [-0.3, -0.25) is 4.79 Å². The number of hydrazone groups is 1. The molecule has 6 nitrogen and oxygen atoms in total. The van der Waals surface area contributed by atoms with Crippen LogP contribution in [0.4, 0.5) is 0 Å². The molecule has 2 rings (SSSR count). The van der Waals surface area contributed by atoms with Gasteiger partial charge in [0.2, 0.25) is 5.91 Å². The molecule has 0 atom stereocenters. The highest BCUT2D eigenvalue weighted by Gasteiger charge is 2.09. The van der Waals surface area contributed by atoms with Crippen molar-refractivity contribution in [1.82, 2.24) is 5.43 Å². The van der Waals surface area contributed by atoms with Gasteiger partial charge in [-0.1, -0.05) is 109 Å². The average Bonchev–Trinajstić information content (AvgIpc) is 2.95. The van der Waals surface area contributed by atoms with Gasteiger partial charge in [-0.05, 0) is 48.4 Å². The van der Waals surface area contributed by atoms with Crippen LogP contribution in [0.1, 0.15) is 126 Å². The lowest BCUT2D eigenvalue weighted by Crippen LogP contribution is -2.16. The molecule has 2 aromatic carbocycles. The number of hydrogen-bond donors (Lipinski definition) is 1. The molecular formula is C33H48N2O4. The van der Waals surface area contributed by atoms with Crippen LogP contribution in [0.2, 0.25) is 0 Å². The summed E-state index contributed by atoms with van der Waals surface area (Å²) in [7, 11) is 1.57. The van der Waals surface area contributed by atoms with E-state index in [1.165, 1.54) is 83.5 Å². The maximum absolute atomic E-state index is 12.4. The molecule has 0 saturated heterocycles. The van der Waals surface area contributed by atoms with Crippen molar-refractivity contribution in [2.24, 2.45) is 5.10 Å². The Bertz CT molecular complexity index is 972. The zero-order valence-corrected chi connectivity index (χ0v) is 24.1. The van der Waals surface area contributed by atoms with Crippen LogP contribution < -0.4 is 14.9 Å². The van der Waals surface area contributed by atoms with E-state index < -0.39 is 5.97 Å². The van der Waals surface area contributed by atoms with E-state index in [2.05, 4.69) is 17.5 Å². The molecule has 0 aliphatic carbocycles. The van der Waals surface area contributed by atoms with Crippen LogP contribution >= 0.6 is 0 Å². The summed E-state index contributed by atoms with van der Waals surface area (Å²) in [5.74, 6) is 0.543. The van der Waals surface area contributed by atoms with Gasteiger partial charge in [0.15, 0.2) is 0 Å². The number of unbranched alkanes of at least 4 members (excludes halogenated alkanes) is 14. The van der Waals surface area contributed by atoms with Gasteiger partial charge in [-0.15, -0.1) is 0 Å². The molecule has 0 aromatic heterocycles. The third-order valence-electron chi connectivity index (χ3n) is 6.80. The fraction of sp³-hybridized carbons (Fsp3) is 0.545. The zero-order valence-electron chi connectivity index (χ0n) is 24.1. The summed E-state index contributed by atoms with van der Waals surface area (Å²) in [6.45, 7) is 2.27. The second kappa shape index (κ2) is 20.8. The molecule has 0 spiro atoms. The lowest BCUT2D eigenvalue weighted by Gasteiger charge is -2.06. The van der Waals surface area contributed by atoms with E-state index in [1.807, 2.05) is 6.07 Å². The fourth-order valence-electron chi connectivity index (χ4n) is 4.44. The molecule has 0 fully saturated rings. The fourth-order valence-corrected chi connectivity index (χ4v) is 4.44. The summed E-state index contributed by atoms with van der Waals surface area (Å²) in [5.41, 5.74) is 3.74. The Labute approximate surface area is 235 Å². The van der Waals surface area contributed by atoms with Gasteiger partial charge >= 0.3 is 5.97 Å². The molecule has 214 valence electrons. The summed E-state index contributed by atoms with van der Waals surface area (Å²) >= 11 is 0.